The average molecular weight is 530 g/mol. The van der Waals surface area contributed by atoms with Gasteiger partial charge in [0.15, 0.2) is 0 Å². The van der Waals surface area contributed by atoms with E-state index in [4.69, 9.17) is 9.47 Å². The topological polar surface area (TPSA) is 97.3 Å². The lowest BCUT2D eigenvalue weighted by Gasteiger charge is -2.23. The van der Waals surface area contributed by atoms with Crippen LogP contribution in [0.1, 0.15) is 11.1 Å². The van der Waals surface area contributed by atoms with Crippen LogP contribution in [0.3, 0.4) is 0 Å². The van der Waals surface area contributed by atoms with E-state index in [2.05, 4.69) is 10.5 Å². The smallest absolute Gasteiger partial charge is 0.264 e. The van der Waals surface area contributed by atoms with E-state index in [1.54, 1.807) is 48.5 Å². The lowest BCUT2D eigenvalue weighted by molar-refractivity contribution is -0.119. The molecule has 0 aliphatic carbocycles. The lowest BCUT2D eigenvalue weighted by atomic mass is 10.2. The van der Waals surface area contributed by atoms with E-state index in [0.29, 0.717) is 29.4 Å². The molecule has 0 aliphatic heterocycles. The van der Waals surface area contributed by atoms with E-state index in [9.17, 15) is 13.2 Å². The number of para-hydroxylation sites is 1. The molecule has 4 aromatic carbocycles. The molecule has 0 spiro atoms. The van der Waals surface area contributed by atoms with E-state index in [1.165, 1.54) is 25.5 Å². The van der Waals surface area contributed by atoms with Crippen molar-refractivity contribution in [3.63, 3.8) is 0 Å². The van der Waals surface area contributed by atoms with Gasteiger partial charge in [-0.15, -0.1) is 0 Å². The summed E-state index contributed by atoms with van der Waals surface area (Å²) in [6, 6.07) is 31.4. The summed E-state index contributed by atoms with van der Waals surface area (Å²) in [5.41, 5.74) is 4.42. The Morgan fingerprint density at radius 2 is 1.50 bits per heavy atom. The van der Waals surface area contributed by atoms with Crippen LogP contribution in [0.25, 0.3) is 0 Å². The van der Waals surface area contributed by atoms with Gasteiger partial charge in [0, 0.05) is 5.56 Å². The molecular formula is C29H27N3O5S. The Hall–Kier alpha value is -4.63. The third-order valence-corrected chi connectivity index (χ3v) is 7.32. The number of amides is 1. The summed E-state index contributed by atoms with van der Waals surface area (Å²) in [4.78, 5) is 12.9. The Morgan fingerprint density at radius 1 is 0.868 bits per heavy atom. The van der Waals surface area contributed by atoms with Gasteiger partial charge in [0.25, 0.3) is 15.9 Å². The molecule has 4 aromatic rings. The molecule has 1 N–H and O–H groups in total. The van der Waals surface area contributed by atoms with Crippen molar-refractivity contribution in [2.24, 2.45) is 5.10 Å². The summed E-state index contributed by atoms with van der Waals surface area (Å²) in [6.45, 7) is -0.0979. The minimum Gasteiger partial charge on any atom is -0.497 e. The Labute approximate surface area is 222 Å². The minimum atomic E-state index is -4.03. The van der Waals surface area contributed by atoms with Gasteiger partial charge < -0.3 is 9.47 Å². The summed E-state index contributed by atoms with van der Waals surface area (Å²) >= 11 is 0. The number of carbonyl (C=O) groups is 1. The van der Waals surface area contributed by atoms with Crippen LogP contribution in [0.2, 0.25) is 0 Å². The Morgan fingerprint density at radius 3 is 2.18 bits per heavy atom. The molecule has 0 atom stereocenters. The average Bonchev–Trinajstić information content (AvgIpc) is 2.96. The molecular weight excluding hydrogens is 502 g/mol. The predicted octanol–water partition coefficient (Wildman–Crippen LogP) is 4.62. The zero-order valence-corrected chi connectivity index (χ0v) is 21.5. The summed E-state index contributed by atoms with van der Waals surface area (Å²) < 4.78 is 38.9. The second-order valence-corrected chi connectivity index (χ2v) is 9.99. The molecule has 1 amide bonds. The van der Waals surface area contributed by atoms with Crippen molar-refractivity contribution in [2.75, 3.05) is 18.0 Å². The van der Waals surface area contributed by atoms with Crippen LogP contribution in [-0.4, -0.2) is 34.2 Å². The summed E-state index contributed by atoms with van der Waals surface area (Å²) in [6.07, 6.45) is 1.46. The number of rotatable bonds is 11. The largest absolute Gasteiger partial charge is 0.497 e. The molecule has 194 valence electrons. The molecule has 0 saturated carbocycles. The van der Waals surface area contributed by atoms with Crippen molar-refractivity contribution in [3.05, 3.63) is 120 Å². The van der Waals surface area contributed by atoms with Crippen molar-refractivity contribution in [3.8, 4) is 11.5 Å². The number of nitrogens with zero attached hydrogens (tertiary/aromatic N) is 2. The number of hydrogen-bond donors (Lipinski definition) is 1. The lowest BCUT2D eigenvalue weighted by Crippen LogP contribution is -2.39. The fraction of sp³-hybridized carbons (Fsp3) is 0.103. The second kappa shape index (κ2) is 12.6. The van der Waals surface area contributed by atoms with Gasteiger partial charge in [-0.3, -0.25) is 9.10 Å². The molecule has 0 fully saturated rings. The number of hydrazone groups is 1. The normalized spacial score (nSPS) is 11.2. The van der Waals surface area contributed by atoms with Crippen LogP contribution in [0.15, 0.2) is 119 Å². The van der Waals surface area contributed by atoms with Crippen molar-refractivity contribution < 1.29 is 22.7 Å². The Balaban J connectivity index is 1.48. The first-order chi connectivity index (χ1) is 18.5. The second-order valence-electron chi connectivity index (χ2n) is 8.13. The third kappa shape index (κ3) is 6.77. The molecule has 0 radical (unpaired) electrons. The van der Waals surface area contributed by atoms with E-state index >= 15 is 0 Å². The van der Waals surface area contributed by atoms with Crippen LogP contribution >= 0.6 is 0 Å². The first-order valence-electron chi connectivity index (χ1n) is 11.8. The quantitative estimate of drug-likeness (QED) is 0.226. The number of benzene rings is 4. The van der Waals surface area contributed by atoms with Crippen molar-refractivity contribution in [1.29, 1.82) is 0 Å². The van der Waals surface area contributed by atoms with Crippen LogP contribution in [-0.2, 0) is 21.4 Å². The highest BCUT2D eigenvalue weighted by molar-refractivity contribution is 7.92. The highest BCUT2D eigenvalue weighted by Gasteiger charge is 2.27. The standard InChI is InChI=1S/C29H27N3O5S/c1-36-26-18-16-25(17-19-26)32(38(34,35)27-13-6-3-7-14-27)21-29(33)31-30-20-24-12-8-9-15-28(24)37-22-23-10-4-2-5-11-23/h2-20H,21-22H2,1H3,(H,31,33)/b30-20-. The molecule has 38 heavy (non-hydrogen) atoms. The maximum atomic E-state index is 13.4. The third-order valence-electron chi connectivity index (χ3n) is 5.53. The van der Waals surface area contributed by atoms with Crippen LogP contribution < -0.4 is 19.2 Å². The molecule has 0 bridgehead atoms. The van der Waals surface area contributed by atoms with E-state index in [0.717, 1.165) is 9.87 Å². The maximum Gasteiger partial charge on any atom is 0.264 e. The molecule has 8 nitrogen and oxygen atoms in total. The van der Waals surface area contributed by atoms with Gasteiger partial charge in [-0.25, -0.2) is 13.8 Å². The molecule has 0 aliphatic rings. The number of sulfonamides is 1. The van der Waals surface area contributed by atoms with Gasteiger partial charge >= 0.3 is 0 Å². The van der Waals surface area contributed by atoms with Gasteiger partial charge in [0.1, 0.15) is 24.7 Å². The van der Waals surface area contributed by atoms with E-state index < -0.39 is 22.5 Å². The monoisotopic (exact) mass is 529 g/mol. The number of anilines is 1. The maximum absolute atomic E-state index is 13.4. The fourth-order valence-corrected chi connectivity index (χ4v) is 5.02. The van der Waals surface area contributed by atoms with Gasteiger partial charge in [-0.2, -0.15) is 5.10 Å². The first-order valence-corrected chi connectivity index (χ1v) is 13.2. The summed E-state index contributed by atoms with van der Waals surface area (Å²) in [5, 5.41) is 4.04. The number of hydrogen-bond acceptors (Lipinski definition) is 6. The van der Waals surface area contributed by atoms with Crippen LogP contribution in [0.4, 0.5) is 5.69 Å². The number of nitrogens with one attached hydrogen (secondary N) is 1. The molecule has 9 heteroatoms. The highest BCUT2D eigenvalue weighted by atomic mass is 32.2. The van der Waals surface area contributed by atoms with Crippen LogP contribution in [0.5, 0.6) is 11.5 Å². The van der Waals surface area contributed by atoms with E-state index in [1.807, 2.05) is 48.5 Å². The molecule has 0 heterocycles. The molecule has 0 aromatic heterocycles. The molecule has 0 saturated heterocycles. The van der Waals surface area contributed by atoms with Gasteiger partial charge in [-0.1, -0.05) is 60.7 Å². The van der Waals surface area contributed by atoms with Gasteiger partial charge in [0.2, 0.25) is 0 Å². The minimum absolute atomic E-state index is 0.0663. The first kappa shape index (κ1) is 26.4. The zero-order valence-electron chi connectivity index (χ0n) is 20.7. The number of methoxy groups -OCH3 is 1. The zero-order chi connectivity index (χ0) is 26.8. The Bertz CT molecular complexity index is 1480. The highest BCUT2D eigenvalue weighted by Crippen LogP contribution is 2.25. The van der Waals surface area contributed by atoms with Gasteiger partial charge in [-0.05, 0) is 54.1 Å². The van der Waals surface area contributed by atoms with Gasteiger partial charge in [0.05, 0.1) is 23.9 Å². The SMILES string of the molecule is COc1ccc(N(CC(=O)N/N=C\c2ccccc2OCc2ccccc2)S(=O)(=O)c2ccccc2)cc1. The van der Waals surface area contributed by atoms with Crippen molar-refractivity contribution >= 4 is 27.8 Å². The number of ether oxygens (including phenoxy) is 2. The molecule has 4 rings (SSSR count). The predicted molar refractivity (Wildman–Crippen MR) is 147 cm³/mol. The van der Waals surface area contributed by atoms with Crippen molar-refractivity contribution in [2.45, 2.75) is 11.5 Å². The number of carbonyl (C=O) groups excluding carboxylic acids is 1. The van der Waals surface area contributed by atoms with E-state index in [-0.39, 0.29) is 4.90 Å². The molecule has 0 unspecified atom stereocenters. The van der Waals surface area contributed by atoms with Crippen LogP contribution in [0, 0.1) is 0 Å². The Kier molecular flexibility index (Phi) is 8.73. The fourth-order valence-electron chi connectivity index (χ4n) is 3.58. The summed E-state index contributed by atoms with van der Waals surface area (Å²) in [7, 11) is -2.51. The van der Waals surface area contributed by atoms with Crippen molar-refractivity contribution in [1.82, 2.24) is 5.43 Å². The summed E-state index contributed by atoms with van der Waals surface area (Å²) in [5.74, 6) is 0.549.